The molecule has 0 spiro atoms. The Balaban J connectivity index is 1.90. The first-order valence-electron chi connectivity index (χ1n) is 5.80. The zero-order chi connectivity index (χ0) is 11.4. The van der Waals surface area contributed by atoms with E-state index >= 15 is 0 Å². The Morgan fingerprint density at radius 2 is 2.06 bits per heavy atom. The van der Waals surface area contributed by atoms with Crippen LogP contribution in [0.1, 0.15) is 24.8 Å². The fourth-order valence-corrected chi connectivity index (χ4v) is 2.33. The molecule has 2 unspecified atom stereocenters. The van der Waals surface area contributed by atoms with Crippen molar-refractivity contribution in [3.63, 3.8) is 0 Å². The average molecular weight is 285 g/mol. The second-order valence-corrected chi connectivity index (χ2v) is 5.22. The zero-order valence-corrected chi connectivity index (χ0v) is 10.8. The maximum Gasteiger partial charge on any atom is 0.0842 e. The van der Waals surface area contributed by atoms with Gasteiger partial charge in [0.15, 0.2) is 0 Å². The minimum absolute atomic E-state index is 0.0254. The van der Waals surface area contributed by atoms with Gasteiger partial charge in [0.1, 0.15) is 0 Å². The third-order valence-electron chi connectivity index (χ3n) is 3.00. The Bertz CT molecular complexity index is 317. The SMILES string of the molecule is OC(Cc1ccc(Br)cc1)C1CCCCO1. The molecule has 1 aromatic carbocycles. The minimum atomic E-state index is -0.374. The van der Waals surface area contributed by atoms with E-state index in [0.29, 0.717) is 6.42 Å². The lowest BCUT2D eigenvalue weighted by molar-refractivity contribution is -0.0611. The van der Waals surface area contributed by atoms with Crippen molar-refractivity contribution in [1.82, 2.24) is 0 Å². The normalized spacial score (nSPS) is 23.0. The monoisotopic (exact) mass is 284 g/mol. The van der Waals surface area contributed by atoms with Crippen LogP contribution in [0, 0.1) is 0 Å². The summed E-state index contributed by atoms with van der Waals surface area (Å²) in [7, 11) is 0. The fraction of sp³-hybridized carbons (Fsp3) is 0.538. The zero-order valence-electron chi connectivity index (χ0n) is 9.23. The molecule has 1 aromatic rings. The van der Waals surface area contributed by atoms with Crippen LogP contribution in [0.25, 0.3) is 0 Å². The van der Waals surface area contributed by atoms with Crippen LogP contribution in [0.4, 0.5) is 0 Å². The summed E-state index contributed by atoms with van der Waals surface area (Å²) in [6, 6.07) is 8.08. The van der Waals surface area contributed by atoms with Crippen LogP contribution in [-0.4, -0.2) is 23.9 Å². The van der Waals surface area contributed by atoms with Crippen LogP contribution in [0.2, 0.25) is 0 Å². The molecular weight excluding hydrogens is 268 g/mol. The van der Waals surface area contributed by atoms with Crippen molar-refractivity contribution in [2.24, 2.45) is 0 Å². The first-order valence-corrected chi connectivity index (χ1v) is 6.59. The smallest absolute Gasteiger partial charge is 0.0842 e. The number of ether oxygens (including phenoxy) is 1. The molecule has 0 aromatic heterocycles. The maximum absolute atomic E-state index is 10.1. The molecule has 1 aliphatic rings. The van der Waals surface area contributed by atoms with E-state index in [1.807, 2.05) is 24.3 Å². The van der Waals surface area contributed by atoms with Gasteiger partial charge in [0.05, 0.1) is 12.2 Å². The highest BCUT2D eigenvalue weighted by Gasteiger charge is 2.22. The van der Waals surface area contributed by atoms with E-state index in [9.17, 15) is 5.11 Å². The Labute approximate surface area is 105 Å². The molecule has 2 rings (SSSR count). The Morgan fingerprint density at radius 1 is 1.31 bits per heavy atom. The van der Waals surface area contributed by atoms with Gasteiger partial charge in [0, 0.05) is 17.5 Å². The van der Waals surface area contributed by atoms with Gasteiger partial charge in [-0.1, -0.05) is 28.1 Å². The van der Waals surface area contributed by atoms with Gasteiger partial charge < -0.3 is 9.84 Å². The number of hydrogen-bond donors (Lipinski definition) is 1. The van der Waals surface area contributed by atoms with Crippen LogP contribution >= 0.6 is 15.9 Å². The Hall–Kier alpha value is -0.380. The molecule has 0 radical (unpaired) electrons. The molecule has 1 aliphatic heterocycles. The van der Waals surface area contributed by atoms with Crippen molar-refractivity contribution < 1.29 is 9.84 Å². The molecule has 1 N–H and O–H groups in total. The Morgan fingerprint density at radius 3 is 2.69 bits per heavy atom. The van der Waals surface area contributed by atoms with E-state index in [0.717, 1.165) is 29.5 Å². The fourth-order valence-electron chi connectivity index (χ4n) is 2.06. The van der Waals surface area contributed by atoms with Crippen molar-refractivity contribution in [1.29, 1.82) is 0 Å². The molecule has 16 heavy (non-hydrogen) atoms. The molecule has 2 nitrogen and oxygen atoms in total. The molecule has 0 saturated carbocycles. The number of halogens is 1. The lowest BCUT2D eigenvalue weighted by Gasteiger charge is -2.27. The van der Waals surface area contributed by atoms with E-state index in [1.54, 1.807) is 0 Å². The van der Waals surface area contributed by atoms with Crippen LogP contribution in [-0.2, 0) is 11.2 Å². The van der Waals surface area contributed by atoms with Crippen molar-refractivity contribution in [3.05, 3.63) is 34.3 Å². The van der Waals surface area contributed by atoms with Gasteiger partial charge in [-0.2, -0.15) is 0 Å². The quantitative estimate of drug-likeness (QED) is 0.925. The molecule has 0 aliphatic carbocycles. The number of benzene rings is 1. The molecule has 0 bridgehead atoms. The van der Waals surface area contributed by atoms with E-state index in [-0.39, 0.29) is 12.2 Å². The van der Waals surface area contributed by atoms with Gasteiger partial charge >= 0.3 is 0 Å². The largest absolute Gasteiger partial charge is 0.390 e. The summed E-state index contributed by atoms with van der Waals surface area (Å²) >= 11 is 3.40. The van der Waals surface area contributed by atoms with Gasteiger partial charge in [-0.15, -0.1) is 0 Å². The van der Waals surface area contributed by atoms with Gasteiger partial charge in [-0.25, -0.2) is 0 Å². The van der Waals surface area contributed by atoms with Crippen LogP contribution in [0.3, 0.4) is 0 Å². The highest BCUT2D eigenvalue weighted by atomic mass is 79.9. The lowest BCUT2D eigenvalue weighted by Crippen LogP contribution is -2.33. The lowest BCUT2D eigenvalue weighted by atomic mass is 9.98. The summed E-state index contributed by atoms with van der Waals surface area (Å²) < 4.78 is 6.65. The third kappa shape index (κ3) is 3.30. The number of rotatable bonds is 3. The van der Waals surface area contributed by atoms with Crippen molar-refractivity contribution >= 4 is 15.9 Å². The van der Waals surface area contributed by atoms with Gasteiger partial charge in [0.2, 0.25) is 0 Å². The predicted molar refractivity (Wildman–Crippen MR) is 67.4 cm³/mol. The first-order chi connectivity index (χ1) is 7.75. The summed E-state index contributed by atoms with van der Waals surface area (Å²) in [6.07, 6.45) is 3.61. The van der Waals surface area contributed by atoms with E-state index < -0.39 is 0 Å². The highest BCUT2D eigenvalue weighted by Crippen LogP contribution is 2.19. The van der Waals surface area contributed by atoms with Gasteiger partial charge in [0.25, 0.3) is 0 Å². The molecule has 88 valence electrons. The van der Waals surface area contributed by atoms with Crippen LogP contribution < -0.4 is 0 Å². The second-order valence-electron chi connectivity index (χ2n) is 4.30. The molecule has 1 heterocycles. The number of aliphatic hydroxyl groups is 1. The molecule has 1 fully saturated rings. The van der Waals surface area contributed by atoms with Gasteiger partial charge in [-0.05, 0) is 37.0 Å². The molecule has 3 heteroatoms. The number of aliphatic hydroxyl groups excluding tert-OH is 1. The van der Waals surface area contributed by atoms with Crippen LogP contribution in [0.5, 0.6) is 0 Å². The molecule has 1 saturated heterocycles. The predicted octanol–water partition coefficient (Wildman–Crippen LogP) is 2.92. The van der Waals surface area contributed by atoms with E-state index in [1.165, 1.54) is 6.42 Å². The van der Waals surface area contributed by atoms with E-state index in [4.69, 9.17) is 4.74 Å². The minimum Gasteiger partial charge on any atom is -0.390 e. The molecule has 0 amide bonds. The summed E-state index contributed by atoms with van der Waals surface area (Å²) in [6.45, 7) is 0.794. The first kappa shape index (κ1) is 12.1. The Kier molecular flexibility index (Phi) is 4.38. The summed E-state index contributed by atoms with van der Waals surface area (Å²) in [5, 5.41) is 10.1. The average Bonchev–Trinajstić information content (AvgIpc) is 2.33. The number of hydrogen-bond acceptors (Lipinski definition) is 2. The third-order valence-corrected chi connectivity index (χ3v) is 3.53. The molecule has 2 atom stereocenters. The standard InChI is InChI=1S/C13H17BrO2/c14-11-6-4-10(5-7-11)9-12(15)13-3-1-2-8-16-13/h4-7,12-13,15H,1-3,8-9H2. The van der Waals surface area contributed by atoms with Crippen LogP contribution in [0.15, 0.2) is 28.7 Å². The summed E-state index contributed by atoms with van der Waals surface area (Å²) in [4.78, 5) is 0. The highest BCUT2D eigenvalue weighted by molar-refractivity contribution is 9.10. The summed E-state index contributed by atoms with van der Waals surface area (Å²) in [5.74, 6) is 0. The van der Waals surface area contributed by atoms with Crippen molar-refractivity contribution in [2.45, 2.75) is 37.9 Å². The molecular formula is C13H17BrO2. The van der Waals surface area contributed by atoms with Gasteiger partial charge in [-0.3, -0.25) is 0 Å². The topological polar surface area (TPSA) is 29.5 Å². The van der Waals surface area contributed by atoms with E-state index in [2.05, 4.69) is 15.9 Å². The van der Waals surface area contributed by atoms with Crippen molar-refractivity contribution in [2.75, 3.05) is 6.61 Å². The summed E-state index contributed by atoms with van der Waals surface area (Å²) in [5.41, 5.74) is 1.16. The second kappa shape index (κ2) is 5.80. The maximum atomic E-state index is 10.1. The van der Waals surface area contributed by atoms with Crippen molar-refractivity contribution in [3.8, 4) is 0 Å².